The first-order chi connectivity index (χ1) is 9.22. The number of halogens is 1. The van der Waals surface area contributed by atoms with Crippen molar-refractivity contribution in [1.29, 1.82) is 0 Å². The molecule has 0 heterocycles. The van der Waals surface area contributed by atoms with Crippen LogP contribution in [0.2, 0.25) is 0 Å². The molecule has 2 aromatic rings. The van der Waals surface area contributed by atoms with Gasteiger partial charge >= 0.3 is 0 Å². The molecule has 2 aromatic carbocycles. The fourth-order valence-electron chi connectivity index (χ4n) is 1.76. The molecule has 0 saturated heterocycles. The Labute approximate surface area is 116 Å². The first-order valence-corrected chi connectivity index (χ1v) is 6.96. The van der Waals surface area contributed by atoms with E-state index in [1.165, 1.54) is 7.11 Å². The van der Waals surface area contributed by atoms with E-state index in [2.05, 4.69) is 0 Å². The predicted octanol–water partition coefficient (Wildman–Crippen LogP) is 3.63. The Morgan fingerprint density at radius 2 is 1.89 bits per heavy atom. The molecule has 0 fully saturated rings. The monoisotopic (exact) mass is 277 g/mol. The Morgan fingerprint density at radius 1 is 1.16 bits per heavy atom. The summed E-state index contributed by atoms with van der Waals surface area (Å²) in [5, 5.41) is 0. The number of methoxy groups -OCH3 is 1. The maximum absolute atomic E-state index is 14.0. The van der Waals surface area contributed by atoms with Crippen LogP contribution in [0.1, 0.15) is 11.6 Å². The summed E-state index contributed by atoms with van der Waals surface area (Å²) < 4.78 is 19.0. The Balaban J connectivity index is 2.06. The summed E-state index contributed by atoms with van der Waals surface area (Å²) in [5.41, 5.74) is 6.54. The van der Waals surface area contributed by atoms with Gasteiger partial charge in [-0.15, -0.1) is 11.8 Å². The zero-order valence-corrected chi connectivity index (χ0v) is 11.5. The van der Waals surface area contributed by atoms with E-state index in [9.17, 15) is 4.39 Å². The average molecular weight is 277 g/mol. The van der Waals surface area contributed by atoms with E-state index >= 15 is 0 Å². The Morgan fingerprint density at radius 3 is 2.58 bits per heavy atom. The van der Waals surface area contributed by atoms with E-state index in [1.54, 1.807) is 30.0 Å². The highest BCUT2D eigenvalue weighted by Gasteiger charge is 2.15. The van der Waals surface area contributed by atoms with Crippen molar-refractivity contribution in [1.82, 2.24) is 0 Å². The van der Waals surface area contributed by atoms with E-state index in [0.717, 1.165) is 4.90 Å². The number of rotatable bonds is 5. The molecule has 1 unspecified atom stereocenters. The van der Waals surface area contributed by atoms with E-state index in [1.807, 2.05) is 30.3 Å². The second-order valence-electron chi connectivity index (χ2n) is 4.09. The topological polar surface area (TPSA) is 35.2 Å². The van der Waals surface area contributed by atoms with Gasteiger partial charge in [0.15, 0.2) is 11.6 Å². The van der Waals surface area contributed by atoms with Gasteiger partial charge in [-0.05, 0) is 18.2 Å². The SMILES string of the molecule is COc1cccc(C(N)CSc2ccccc2)c1F. The molecule has 0 aliphatic rings. The van der Waals surface area contributed by atoms with E-state index < -0.39 is 0 Å². The third-order valence-electron chi connectivity index (χ3n) is 2.79. The highest BCUT2D eigenvalue weighted by molar-refractivity contribution is 7.99. The van der Waals surface area contributed by atoms with Gasteiger partial charge in [0.1, 0.15) is 0 Å². The van der Waals surface area contributed by atoms with Gasteiger partial charge in [0.2, 0.25) is 0 Å². The van der Waals surface area contributed by atoms with Crippen molar-refractivity contribution >= 4 is 11.8 Å². The molecule has 100 valence electrons. The third-order valence-corrected chi connectivity index (χ3v) is 3.92. The van der Waals surface area contributed by atoms with Gasteiger partial charge in [0.05, 0.1) is 7.11 Å². The van der Waals surface area contributed by atoms with Crippen LogP contribution in [0.3, 0.4) is 0 Å². The maximum Gasteiger partial charge on any atom is 0.169 e. The van der Waals surface area contributed by atoms with E-state index in [-0.39, 0.29) is 17.6 Å². The predicted molar refractivity (Wildman–Crippen MR) is 77.0 cm³/mol. The summed E-state index contributed by atoms with van der Waals surface area (Å²) >= 11 is 1.61. The highest BCUT2D eigenvalue weighted by Crippen LogP contribution is 2.28. The van der Waals surface area contributed by atoms with Crippen LogP contribution in [0.4, 0.5) is 4.39 Å². The zero-order chi connectivity index (χ0) is 13.7. The van der Waals surface area contributed by atoms with Crippen LogP contribution in [0.25, 0.3) is 0 Å². The largest absolute Gasteiger partial charge is 0.494 e. The molecule has 0 aliphatic carbocycles. The van der Waals surface area contributed by atoms with Gasteiger partial charge in [0, 0.05) is 22.3 Å². The molecule has 4 heteroatoms. The first kappa shape index (κ1) is 13.9. The summed E-state index contributed by atoms with van der Waals surface area (Å²) in [5.74, 6) is 0.484. The van der Waals surface area contributed by atoms with Gasteiger partial charge in [-0.2, -0.15) is 0 Å². The van der Waals surface area contributed by atoms with Crippen LogP contribution in [0, 0.1) is 5.82 Å². The lowest BCUT2D eigenvalue weighted by atomic mass is 10.1. The van der Waals surface area contributed by atoms with Crippen LogP contribution in [0.5, 0.6) is 5.75 Å². The van der Waals surface area contributed by atoms with Crippen LogP contribution >= 0.6 is 11.8 Å². The summed E-state index contributed by atoms with van der Waals surface area (Å²) in [7, 11) is 1.45. The second-order valence-corrected chi connectivity index (χ2v) is 5.19. The van der Waals surface area contributed by atoms with Gasteiger partial charge in [0.25, 0.3) is 0 Å². The van der Waals surface area contributed by atoms with Crippen molar-refractivity contribution in [3.63, 3.8) is 0 Å². The fraction of sp³-hybridized carbons (Fsp3) is 0.200. The molecule has 0 aromatic heterocycles. The molecule has 1 atom stereocenters. The molecule has 0 saturated carbocycles. The van der Waals surface area contributed by atoms with Gasteiger partial charge in [-0.3, -0.25) is 0 Å². The summed E-state index contributed by atoms with van der Waals surface area (Å²) in [4.78, 5) is 1.13. The van der Waals surface area contributed by atoms with Crippen LogP contribution in [-0.2, 0) is 0 Å². The molecule has 2 N–H and O–H groups in total. The van der Waals surface area contributed by atoms with Crippen LogP contribution < -0.4 is 10.5 Å². The quantitative estimate of drug-likeness (QED) is 0.848. The smallest absolute Gasteiger partial charge is 0.169 e. The first-order valence-electron chi connectivity index (χ1n) is 5.98. The second kappa shape index (κ2) is 6.59. The number of thioether (sulfide) groups is 1. The molecule has 0 spiro atoms. The van der Waals surface area contributed by atoms with E-state index in [4.69, 9.17) is 10.5 Å². The average Bonchev–Trinajstić information content (AvgIpc) is 2.46. The van der Waals surface area contributed by atoms with Gasteiger partial charge in [-0.25, -0.2) is 4.39 Å². The number of benzene rings is 2. The minimum atomic E-state index is -0.369. The van der Waals surface area contributed by atoms with Crippen molar-refractivity contribution in [2.45, 2.75) is 10.9 Å². The summed E-state index contributed by atoms with van der Waals surface area (Å²) in [6, 6.07) is 14.6. The molecule has 0 bridgehead atoms. The molecular weight excluding hydrogens is 261 g/mol. The molecule has 19 heavy (non-hydrogen) atoms. The van der Waals surface area contributed by atoms with Crippen LogP contribution in [-0.4, -0.2) is 12.9 Å². The normalized spacial score (nSPS) is 12.2. The molecular formula is C15H16FNOS. The summed E-state index contributed by atoms with van der Waals surface area (Å²) in [6.45, 7) is 0. The Kier molecular flexibility index (Phi) is 4.82. The lowest BCUT2D eigenvalue weighted by Gasteiger charge is -2.14. The standard InChI is InChI=1S/C15H16FNOS/c1-18-14-9-5-8-12(15(14)16)13(17)10-19-11-6-3-2-4-7-11/h2-9,13H,10,17H2,1H3. The van der Waals surface area contributed by atoms with Gasteiger partial charge < -0.3 is 10.5 Å². The fourth-order valence-corrected chi connectivity index (χ4v) is 2.67. The maximum atomic E-state index is 14.0. The number of ether oxygens (including phenoxy) is 1. The minimum absolute atomic E-state index is 0.234. The molecule has 0 aliphatic heterocycles. The molecule has 2 rings (SSSR count). The zero-order valence-electron chi connectivity index (χ0n) is 10.7. The van der Waals surface area contributed by atoms with Crippen molar-refractivity contribution in [3.8, 4) is 5.75 Å². The van der Waals surface area contributed by atoms with E-state index in [0.29, 0.717) is 11.3 Å². The van der Waals surface area contributed by atoms with Crippen molar-refractivity contribution in [2.24, 2.45) is 5.73 Å². The molecule has 2 nitrogen and oxygen atoms in total. The Hall–Kier alpha value is -1.52. The number of hydrogen-bond donors (Lipinski definition) is 1. The van der Waals surface area contributed by atoms with Crippen molar-refractivity contribution in [3.05, 3.63) is 59.9 Å². The third kappa shape index (κ3) is 3.49. The number of hydrogen-bond acceptors (Lipinski definition) is 3. The van der Waals surface area contributed by atoms with Gasteiger partial charge in [-0.1, -0.05) is 30.3 Å². The van der Waals surface area contributed by atoms with Crippen molar-refractivity contribution < 1.29 is 9.13 Å². The Bertz CT molecular complexity index is 533. The minimum Gasteiger partial charge on any atom is -0.494 e. The molecule has 0 radical (unpaired) electrons. The summed E-state index contributed by atoms with van der Waals surface area (Å²) in [6.07, 6.45) is 0. The molecule has 0 amide bonds. The lowest BCUT2D eigenvalue weighted by Crippen LogP contribution is -2.15. The lowest BCUT2D eigenvalue weighted by molar-refractivity contribution is 0.383. The van der Waals surface area contributed by atoms with Crippen molar-refractivity contribution in [2.75, 3.05) is 12.9 Å². The van der Waals surface area contributed by atoms with Crippen LogP contribution in [0.15, 0.2) is 53.4 Å². The number of nitrogens with two attached hydrogens (primary N) is 1. The highest BCUT2D eigenvalue weighted by atomic mass is 32.2.